The molecule has 1 N–H and O–H groups in total. The number of hydrogen-bond donors (Lipinski definition) is 1. The van der Waals surface area contributed by atoms with E-state index < -0.39 is 0 Å². The zero-order valence-corrected chi connectivity index (χ0v) is 16.1. The number of rotatable bonds is 4. The molecular formula is C15H27IN6. The van der Waals surface area contributed by atoms with Gasteiger partial charge in [-0.05, 0) is 25.7 Å². The van der Waals surface area contributed by atoms with Crippen molar-refractivity contribution in [2.24, 2.45) is 18.0 Å². The Balaban J connectivity index is 0.00000242. The molecular weight excluding hydrogens is 391 g/mol. The molecule has 0 radical (unpaired) electrons. The van der Waals surface area contributed by atoms with Crippen molar-refractivity contribution in [3.8, 4) is 0 Å². The molecule has 7 heteroatoms. The molecule has 2 rings (SSSR count). The zero-order chi connectivity index (χ0) is 15.2. The van der Waals surface area contributed by atoms with E-state index >= 15 is 0 Å². The molecule has 1 unspecified atom stereocenters. The number of hydrogen-bond acceptors (Lipinski definition) is 3. The summed E-state index contributed by atoms with van der Waals surface area (Å²) in [5, 5.41) is 11.6. The van der Waals surface area contributed by atoms with Gasteiger partial charge in [0.1, 0.15) is 12.4 Å². The van der Waals surface area contributed by atoms with Crippen LogP contribution in [-0.2, 0) is 13.6 Å². The third-order valence-corrected chi connectivity index (χ3v) is 3.91. The van der Waals surface area contributed by atoms with Crippen LogP contribution in [0.15, 0.2) is 17.6 Å². The van der Waals surface area contributed by atoms with Gasteiger partial charge in [-0.3, -0.25) is 0 Å². The van der Waals surface area contributed by atoms with Crippen molar-refractivity contribution in [2.45, 2.75) is 33.2 Å². The number of guanidine groups is 1. The number of likely N-dealkylation sites (tertiary alicyclic amines) is 1. The lowest BCUT2D eigenvalue weighted by Crippen LogP contribution is -2.46. The lowest BCUT2D eigenvalue weighted by Gasteiger charge is -2.33. The van der Waals surface area contributed by atoms with Crippen molar-refractivity contribution >= 4 is 29.9 Å². The highest BCUT2D eigenvalue weighted by molar-refractivity contribution is 14.0. The summed E-state index contributed by atoms with van der Waals surface area (Å²) in [5.74, 6) is 3.46. The van der Waals surface area contributed by atoms with Crippen LogP contribution in [0.2, 0.25) is 0 Å². The lowest BCUT2D eigenvalue weighted by molar-refractivity contribution is 0.266. The number of nitrogens with zero attached hydrogens (tertiary/aromatic N) is 5. The lowest BCUT2D eigenvalue weighted by atomic mass is 10.0. The van der Waals surface area contributed by atoms with E-state index in [1.807, 2.05) is 24.6 Å². The minimum atomic E-state index is 0. The summed E-state index contributed by atoms with van der Waals surface area (Å²) in [6, 6.07) is 0. The summed E-state index contributed by atoms with van der Waals surface area (Å²) in [6.07, 6.45) is 4.38. The van der Waals surface area contributed by atoms with E-state index in [0.717, 1.165) is 37.2 Å². The monoisotopic (exact) mass is 418 g/mol. The van der Waals surface area contributed by atoms with E-state index in [1.165, 1.54) is 12.8 Å². The molecule has 0 aliphatic carbocycles. The van der Waals surface area contributed by atoms with Crippen LogP contribution in [0.4, 0.5) is 0 Å². The molecule has 1 aliphatic rings. The third-order valence-electron chi connectivity index (χ3n) is 3.91. The van der Waals surface area contributed by atoms with Crippen LogP contribution < -0.4 is 5.32 Å². The molecule has 0 bridgehead atoms. The first-order chi connectivity index (χ1) is 10.1. The molecule has 1 aromatic rings. The van der Waals surface area contributed by atoms with Gasteiger partial charge < -0.3 is 14.8 Å². The molecule has 124 valence electrons. The summed E-state index contributed by atoms with van der Waals surface area (Å²) in [5.41, 5.74) is 0. The Hall–Kier alpha value is -1.12. The molecule has 0 saturated carbocycles. The Morgan fingerprint density at radius 2 is 2.27 bits per heavy atom. The molecule has 1 aromatic heterocycles. The van der Waals surface area contributed by atoms with Gasteiger partial charge in [-0.1, -0.05) is 13.0 Å². The first kappa shape index (κ1) is 18.9. The maximum Gasteiger partial charge on any atom is 0.194 e. The highest BCUT2D eigenvalue weighted by Crippen LogP contribution is 2.15. The van der Waals surface area contributed by atoms with Gasteiger partial charge >= 0.3 is 0 Å². The Morgan fingerprint density at radius 1 is 1.50 bits per heavy atom. The van der Waals surface area contributed by atoms with Gasteiger partial charge in [0.2, 0.25) is 0 Å². The molecule has 2 heterocycles. The quantitative estimate of drug-likeness (QED) is 0.352. The number of nitrogens with one attached hydrogen (secondary N) is 1. The normalized spacial score (nSPS) is 18.8. The molecule has 1 aliphatic heterocycles. The molecule has 0 amide bonds. The van der Waals surface area contributed by atoms with Gasteiger partial charge in [0.15, 0.2) is 11.8 Å². The molecule has 0 spiro atoms. The molecule has 1 atom stereocenters. The van der Waals surface area contributed by atoms with E-state index in [4.69, 9.17) is 4.99 Å². The van der Waals surface area contributed by atoms with Crippen LogP contribution >= 0.6 is 24.0 Å². The number of aliphatic imine (C=N–C) groups is 1. The van der Waals surface area contributed by atoms with Crippen molar-refractivity contribution < 1.29 is 0 Å². The second-order valence-electron chi connectivity index (χ2n) is 5.73. The summed E-state index contributed by atoms with van der Waals surface area (Å²) in [6.45, 7) is 11.4. The van der Waals surface area contributed by atoms with Gasteiger partial charge in [0.05, 0.1) is 0 Å². The van der Waals surface area contributed by atoms with E-state index in [1.54, 1.807) is 0 Å². The first-order valence-electron chi connectivity index (χ1n) is 7.60. The number of aromatic nitrogens is 3. The van der Waals surface area contributed by atoms with Gasteiger partial charge in [-0.2, -0.15) is 0 Å². The molecule has 0 aromatic carbocycles. The second-order valence-corrected chi connectivity index (χ2v) is 5.73. The van der Waals surface area contributed by atoms with Crippen LogP contribution in [0.1, 0.15) is 31.4 Å². The summed E-state index contributed by atoms with van der Waals surface area (Å²) < 4.78 is 1.98. The first-order valence-corrected chi connectivity index (χ1v) is 7.60. The predicted octanol–water partition coefficient (Wildman–Crippen LogP) is 2.11. The van der Waals surface area contributed by atoms with Crippen LogP contribution in [-0.4, -0.2) is 45.3 Å². The average Bonchev–Trinajstić information content (AvgIpc) is 2.79. The summed E-state index contributed by atoms with van der Waals surface area (Å²) in [4.78, 5) is 7.06. The van der Waals surface area contributed by atoms with E-state index in [2.05, 4.69) is 33.9 Å². The van der Waals surface area contributed by atoms with E-state index in [0.29, 0.717) is 12.5 Å². The van der Waals surface area contributed by atoms with Crippen LogP contribution in [0.25, 0.3) is 0 Å². The van der Waals surface area contributed by atoms with Crippen molar-refractivity contribution in [2.75, 3.05) is 19.6 Å². The maximum absolute atomic E-state index is 4.72. The molecule has 6 nitrogen and oxygen atoms in total. The minimum absolute atomic E-state index is 0. The van der Waals surface area contributed by atoms with Gasteiger partial charge in [0, 0.05) is 26.7 Å². The predicted molar refractivity (Wildman–Crippen MR) is 100 cm³/mol. The van der Waals surface area contributed by atoms with Crippen LogP contribution in [0.3, 0.4) is 0 Å². The van der Waals surface area contributed by atoms with Gasteiger partial charge in [-0.15, -0.1) is 40.8 Å². The Bertz CT molecular complexity index is 510. The average molecular weight is 418 g/mol. The summed E-state index contributed by atoms with van der Waals surface area (Å²) >= 11 is 0. The Labute approximate surface area is 150 Å². The van der Waals surface area contributed by atoms with Crippen molar-refractivity contribution in [1.29, 1.82) is 0 Å². The van der Waals surface area contributed by atoms with Crippen molar-refractivity contribution in [3.63, 3.8) is 0 Å². The zero-order valence-electron chi connectivity index (χ0n) is 13.7. The fourth-order valence-corrected chi connectivity index (χ4v) is 2.55. The number of halogens is 1. The standard InChI is InChI=1S/C15H26N6.HI/c1-5-8-16-15(21-9-6-7-12(2)11-21)17-10-14-19-18-13(3)20(14)4;/h5,12H,1,6-11H2,2-4H3,(H,16,17);1H. The maximum atomic E-state index is 4.72. The largest absolute Gasteiger partial charge is 0.353 e. The minimum Gasteiger partial charge on any atom is -0.353 e. The van der Waals surface area contributed by atoms with Crippen LogP contribution in [0.5, 0.6) is 0 Å². The van der Waals surface area contributed by atoms with Gasteiger partial charge in [0.25, 0.3) is 0 Å². The van der Waals surface area contributed by atoms with Crippen molar-refractivity contribution in [1.82, 2.24) is 25.0 Å². The van der Waals surface area contributed by atoms with E-state index in [-0.39, 0.29) is 24.0 Å². The third kappa shape index (κ3) is 4.96. The smallest absolute Gasteiger partial charge is 0.194 e. The van der Waals surface area contributed by atoms with E-state index in [9.17, 15) is 0 Å². The SMILES string of the molecule is C=CCNC(=NCc1nnc(C)n1C)N1CCCC(C)C1.I. The fourth-order valence-electron chi connectivity index (χ4n) is 2.55. The highest BCUT2D eigenvalue weighted by Gasteiger charge is 2.19. The number of piperidine rings is 1. The van der Waals surface area contributed by atoms with Crippen molar-refractivity contribution in [3.05, 3.63) is 24.3 Å². The molecule has 22 heavy (non-hydrogen) atoms. The fraction of sp³-hybridized carbons (Fsp3) is 0.667. The topological polar surface area (TPSA) is 58.3 Å². The molecule has 1 saturated heterocycles. The second kappa shape index (κ2) is 9.12. The summed E-state index contributed by atoms with van der Waals surface area (Å²) in [7, 11) is 1.97. The van der Waals surface area contributed by atoms with Crippen LogP contribution in [0, 0.1) is 12.8 Å². The highest BCUT2D eigenvalue weighted by atomic mass is 127. The number of aryl methyl sites for hydroxylation is 1. The van der Waals surface area contributed by atoms with Gasteiger partial charge in [-0.25, -0.2) is 4.99 Å². The molecule has 1 fully saturated rings. The Morgan fingerprint density at radius 3 is 2.86 bits per heavy atom. The Kier molecular flexibility index (Phi) is 7.84.